The summed E-state index contributed by atoms with van der Waals surface area (Å²) >= 11 is 3.25. The average Bonchev–Trinajstić information content (AvgIpc) is 2.20. The molecule has 0 aromatic heterocycles. The Morgan fingerprint density at radius 3 is 2.87 bits per heavy atom. The van der Waals surface area contributed by atoms with Crippen molar-refractivity contribution in [3.63, 3.8) is 0 Å². The maximum atomic E-state index is 12.9. The lowest BCUT2D eigenvalue weighted by Gasteiger charge is -2.24. The first-order valence-corrected chi connectivity index (χ1v) is 5.44. The molecular formula is C10H10BrFN2O. The van der Waals surface area contributed by atoms with E-state index in [0.717, 1.165) is 12.1 Å². The topological polar surface area (TPSA) is 41.1 Å². The van der Waals surface area contributed by atoms with Crippen molar-refractivity contribution in [2.24, 2.45) is 0 Å². The molecule has 5 heteroatoms. The Hall–Kier alpha value is -0.940. The zero-order chi connectivity index (χ0) is 10.8. The van der Waals surface area contributed by atoms with Gasteiger partial charge in [-0.3, -0.25) is 4.79 Å². The van der Waals surface area contributed by atoms with Gasteiger partial charge in [0.05, 0.1) is 0 Å². The van der Waals surface area contributed by atoms with Crippen molar-refractivity contribution < 1.29 is 9.18 Å². The van der Waals surface area contributed by atoms with E-state index in [1.54, 1.807) is 6.07 Å². The van der Waals surface area contributed by atoms with Crippen LogP contribution in [0.3, 0.4) is 0 Å². The third-order valence-electron chi connectivity index (χ3n) is 2.31. The highest BCUT2D eigenvalue weighted by Gasteiger charge is 2.24. The maximum absolute atomic E-state index is 12.9. The first-order chi connectivity index (χ1) is 7.18. The number of hydrogen-bond acceptors (Lipinski definition) is 2. The molecule has 15 heavy (non-hydrogen) atoms. The predicted octanol–water partition coefficient (Wildman–Crippen LogP) is 1.35. The Kier molecular flexibility index (Phi) is 3.02. The first kappa shape index (κ1) is 10.6. The highest BCUT2D eigenvalue weighted by molar-refractivity contribution is 9.10. The van der Waals surface area contributed by atoms with Crippen LogP contribution in [0.15, 0.2) is 22.7 Å². The SMILES string of the molecule is O=C1NCCNC1c1ccc(F)cc1Br. The maximum Gasteiger partial charge on any atom is 0.241 e. The van der Waals surface area contributed by atoms with Gasteiger partial charge in [0.2, 0.25) is 5.91 Å². The number of carbonyl (C=O) groups is 1. The van der Waals surface area contributed by atoms with Gasteiger partial charge in [0, 0.05) is 17.6 Å². The molecule has 2 rings (SSSR count). The second kappa shape index (κ2) is 4.28. The average molecular weight is 273 g/mol. The Morgan fingerprint density at radius 2 is 2.20 bits per heavy atom. The molecule has 1 aliphatic heterocycles. The highest BCUT2D eigenvalue weighted by atomic mass is 79.9. The van der Waals surface area contributed by atoms with Crippen molar-refractivity contribution in [3.05, 3.63) is 34.1 Å². The van der Waals surface area contributed by atoms with Crippen LogP contribution >= 0.6 is 15.9 Å². The van der Waals surface area contributed by atoms with E-state index >= 15 is 0 Å². The van der Waals surface area contributed by atoms with Crippen LogP contribution in [0.1, 0.15) is 11.6 Å². The summed E-state index contributed by atoms with van der Waals surface area (Å²) in [4.78, 5) is 11.5. The summed E-state index contributed by atoms with van der Waals surface area (Å²) in [6, 6.07) is 3.93. The number of nitrogens with one attached hydrogen (secondary N) is 2. The van der Waals surface area contributed by atoms with E-state index in [1.807, 2.05) is 0 Å². The standard InChI is InChI=1S/C10H10BrFN2O/c11-8-5-6(12)1-2-7(8)9-10(15)14-4-3-13-9/h1-2,5,9,13H,3-4H2,(H,14,15). The van der Waals surface area contributed by atoms with E-state index in [1.165, 1.54) is 12.1 Å². The van der Waals surface area contributed by atoms with Crippen LogP contribution in [0.25, 0.3) is 0 Å². The number of carbonyl (C=O) groups excluding carboxylic acids is 1. The Balaban J connectivity index is 2.31. The molecule has 1 aromatic rings. The van der Waals surface area contributed by atoms with Crippen molar-refractivity contribution in [3.8, 4) is 0 Å². The number of rotatable bonds is 1. The second-order valence-electron chi connectivity index (χ2n) is 3.34. The Morgan fingerprint density at radius 1 is 1.40 bits per heavy atom. The fraction of sp³-hybridized carbons (Fsp3) is 0.300. The molecule has 80 valence electrons. The molecule has 1 fully saturated rings. The largest absolute Gasteiger partial charge is 0.353 e. The van der Waals surface area contributed by atoms with Gasteiger partial charge in [0.25, 0.3) is 0 Å². The monoisotopic (exact) mass is 272 g/mol. The van der Waals surface area contributed by atoms with Crippen molar-refractivity contribution in [2.75, 3.05) is 13.1 Å². The van der Waals surface area contributed by atoms with Crippen LogP contribution in [-0.2, 0) is 4.79 Å². The molecule has 1 amide bonds. The van der Waals surface area contributed by atoms with Crippen LogP contribution < -0.4 is 10.6 Å². The minimum Gasteiger partial charge on any atom is -0.353 e. The number of amides is 1. The normalized spacial score (nSPS) is 21.2. The quantitative estimate of drug-likeness (QED) is 0.811. The van der Waals surface area contributed by atoms with Crippen molar-refractivity contribution >= 4 is 21.8 Å². The fourth-order valence-electron chi connectivity index (χ4n) is 1.58. The summed E-state index contributed by atoms with van der Waals surface area (Å²) < 4.78 is 13.5. The van der Waals surface area contributed by atoms with Gasteiger partial charge in [0.1, 0.15) is 11.9 Å². The van der Waals surface area contributed by atoms with E-state index in [9.17, 15) is 9.18 Å². The molecule has 0 saturated carbocycles. The molecule has 0 aliphatic carbocycles. The fourth-order valence-corrected chi connectivity index (χ4v) is 2.16. The second-order valence-corrected chi connectivity index (χ2v) is 4.20. The molecular weight excluding hydrogens is 263 g/mol. The van der Waals surface area contributed by atoms with Crippen molar-refractivity contribution in [1.29, 1.82) is 0 Å². The van der Waals surface area contributed by atoms with Gasteiger partial charge in [-0.15, -0.1) is 0 Å². The van der Waals surface area contributed by atoms with Crippen LogP contribution in [0.4, 0.5) is 4.39 Å². The van der Waals surface area contributed by atoms with Crippen molar-refractivity contribution in [1.82, 2.24) is 10.6 Å². The summed E-state index contributed by atoms with van der Waals surface area (Å²) in [6.45, 7) is 1.36. The number of piperazine rings is 1. The minimum absolute atomic E-state index is 0.0754. The van der Waals surface area contributed by atoms with Crippen LogP contribution in [-0.4, -0.2) is 19.0 Å². The Bertz CT molecular complexity index is 397. The lowest BCUT2D eigenvalue weighted by molar-refractivity contribution is -0.124. The van der Waals surface area contributed by atoms with E-state index in [0.29, 0.717) is 11.0 Å². The lowest BCUT2D eigenvalue weighted by Crippen LogP contribution is -2.47. The summed E-state index contributed by atoms with van der Waals surface area (Å²) in [7, 11) is 0. The Labute approximate surface area is 95.2 Å². The molecule has 1 saturated heterocycles. The molecule has 1 unspecified atom stereocenters. The third-order valence-corrected chi connectivity index (χ3v) is 3.00. The van der Waals surface area contributed by atoms with Gasteiger partial charge in [-0.2, -0.15) is 0 Å². The predicted molar refractivity (Wildman–Crippen MR) is 57.9 cm³/mol. The summed E-state index contributed by atoms with van der Waals surface area (Å²) in [5, 5.41) is 5.84. The molecule has 2 N–H and O–H groups in total. The molecule has 3 nitrogen and oxygen atoms in total. The number of halogens is 2. The molecule has 1 atom stereocenters. The van der Waals surface area contributed by atoms with Gasteiger partial charge in [-0.05, 0) is 17.7 Å². The summed E-state index contributed by atoms with van der Waals surface area (Å²) in [5.74, 6) is -0.393. The zero-order valence-corrected chi connectivity index (χ0v) is 9.47. The van der Waals surface area contributed by atoms with E-state index in [2.05, 4.69) is 26.6 Å². The van der Waals surface area contributed by atoms with Crippen molar-refractivity contribution in [2.45, 2.75) is 6.04 Å². The molecule has 0 spiro atoms. The molecule has 1 aliphatic rings. The smallest absolute Gasteiger partial charge is 0.241 e. The van der Waals surface area contributed by atoms with E-state index in [-0.39, 0.29) is 11.7 Å². The molecule has 0 radical (unpaired) electrons. The number of hydrogen-bond donors (Lipinski definition) is 2. The summed E-state index contributed by atoms with van der Waals surface area (Å²) in [6.07, 6.45) is 0. The van der Waals surface area contributed by atoms with Crippen LogP contribution in [0, 0.1) is 5.82 Å². The zero-order valence-electron chi connectivity index (χ0n) is 7.89. The van der Waals surface area contributed by atoms with Gasteiger partial charge in [-0.25, -0.2) is 4.39 Å². The van der Waals surface area contributed by atoms with Gasteiger partial charge < -0.3 is 10.6 Å². The molecule has 1 heterocycles. The van der Waals surface area contributed by atoms with Gasteiger partial charge in [-0.1, -0.05) is 22.0 Å². The number of benzene rings is 1. The first-order valence-electron chi connectivity index (χ1n) is 4.64. The van der Waals surface area contributed by atoms with Crippen LogP contribution in [0.2, 0.25) is 0 Å². The van der Waals surface area contributed by atoms with Crippen LogP contribution in [0.5, 0.6) is 0 Å². The van der Waals surface area contributed by atoms with Gasteiger partial charge in [0.15, 0.2) is 0 Å². The lowest BCUT2D eigenvalue weighted by atomic mass is 10.0. The molecule has 1 aromatic carbocycles. The van der Waals surface area contributed by atoms with Gasteiger partial charge >= 0.3 is 0 Å². The minimum atomic E-state index is -0.395. The third kappa shape index (κ3) is 2.18. The molecule has 0 bridgehead atoms. The van der Waals surface area contributed by atoms with E-state index < -0.39 is 6.04 Å². The highest BCUT2D eigenvalue weighted by Crippen LogP contribution is 2.25. The van der Waals surface area contributed by atoms with E-state index in [4.69, 9.17) is 0 Å². The summed E-state index contributed by atoms with van der Waals surface area (Å²) in [5.41, 5.74) is 0.758.